The van der Waals surface area contributed by atoms with Crippen molar-refractivity contribution < 1.29 is 13.9 Å². The minimum atomic E-state index is -0.498. The lowest BCUT2D eigenvalue weighted by Crippen LogP contribution is -2.17. The van der Waals surface area contributed by atoms with Gasteiger partial charge in [-0.05, 0) is 30.5 Å². The van der Waals surface area contributed by atoms with E-state index in [0.29, 0.717) is 11.8 Å². The van der Waals surface area contributed by atoms with Crippen LogP contribution in [-0.2, 0) is 9.53 Å². The maximum atomic E-state index is 12.5. The molecular weight excluding hydrogens is 374 g/mol. The molecule has 7 heteroatoms. The second kappa shape index (κ2) is 8.65. The van der Waals surface area contributed by atoms with Gasteiger partial charge in [0.1, 0.15) is 5.25 Å². The van der Waals surface area contributed by atoms with Gasteiger partial charge in [-0.1, -0.05) is 61.4 Å². The number of carbonyl (C=O) groups excluding carboxylic acids is 1. The molecule has 0 radical (unpaired) electrons. The number of ether oxygens (including phenoxy) is 1. The number of rotatable bonds is 6. The molecule has 146 valence electrons. The number of furan rings is 1. The quantitative estimate of drug-likeness (QED) is 0.428. The van der Waals surface area contributed by atoms with Crippen LogP contribution in [0.1, 0.15) is 49.0 Å². The summed E-state index contributed by atoms with van der Waals surface area (Å²) in [6.45, 7) is 0. The summed E-state index contributed by atoms with van der Waals surface area (Å²) in [5.74, 6) is 1.12. The van der Waals surface area contributed by atoms with Crippen molar-refractivity contribution in [1.82, 2.24) is 14.8 Å². The molecule has 1 aliphatic carbocycles. The Morgan fingerprint density at radius 3 is 2.61 bits per heavy atom. The molecule has 4 rings (SSSR count). The molecule has 1 saturated carbocycles. The van der Waals surface area contributed by atoms with Crippen molar-refractivity contribution in [2.24, 2.45) is 0 Å². The van der Waals surface area contributed by atoms with Gasteiger partial charge in [0.15, 0.2) is 10.9 Å². The zero-order chi connectivity index (χ0) is 19.3. The number of aromatic nitrogens is 3. The summed E-state index contributed by atoms with van der Waals surface area (Å²) in [6, 6.07) is 13.7. The summed E-state index contributed by atoms with van der Waals surface area (Å²) in [7, 11) is 1.42. The molecule has 1 aromatic carbocycles. The Labute approximate surface area is 168 Å². The summed E-state index contributed by atoms with van der Waals surface area (Å²) in [4.78, 5) is 12.5. The molecule has 1 aliphatic rings. The van der Waals surface area contributed by atoms with E-state index in [1.165, 1.54) is 38.1 Å². The van der Waals surface area contributed by atoms with Gasteiger partial charge < -0.3 is 9.15 Å². The van der Waals surface area contributed by atoms with E-state index in [1.807, 2.05) is 42.5 Å². The van der Waals surface area contributed by atoms with E-state index in [0.717, 1.165) is 29.4 Å². The molecule has 28 heavy (non-hydrogen) atoms. The Morgan fingerprint density at radius 1 is 1.14 bits per heavy atom. The largest absolute Gasteiger partial charge is 0.468 e. The van der Waals surface area contributed by atoms with Gasteiger partial charge in [0.25, 0.3) is 0 Å². The zero-order valence-corrected chi connectivity index (χ0v) is 16.6. The Morgan fingerprint density at radius 2 is 1.93 bits per heavy atom. The predicted molar refractivity (Wildman–Crippen MR) is 107 cm³/mol. The number of benzene rings is 1. The van der Waals surface area contributed by atoms with E-state index in [1.54, 1.807) is 6.26 Å². The van der Waals surface area contributed by atoms with Crippen LogP contribution in [0.3, 0.4) is 0 Å². The van der Waals surface area contributed by atoms with Crippen molar-refractivity contribution in [2.75, 3.05) is 7.11 Å². The van der Waals surface area contributed by atoms with E-state index in [4.69, 9.17) is 9.15 Å². The molecule has 0 bridgehead atoms. The van der Waals surface area contributed by atoms with Gasteiger partial charge in [-0.3, -0.25) is 9.36 Å². The minimum absolute atomic E-state index is 0.297. The summed E-state index contributed by atoms with van der Waals surface area (Å²) in [5, 5.41) is 9.07. The van der Waals surface area contributed by atoms with Gasteiger partial charge in [-0.2, -0.15) is 0 Å². The molecular formula is C21H23N3O3S. The maximum absolute atomic E-state index is 12.5. The van der Waals surface area contributed by atoms with Crippen LogP contribution in [0.5, 0.6) is 0 Å². The van der Waals surface area contributed by atoms with Crippen molar-refractivity contribution in [1.29, 1.82) is 0 Å². The zero-order valence-electron chi connectivity index (χ0n) is 15.8. The summed E-state index contributed by atoms with van der Waals surface area (Å²) in [5.41, 5.74) is 0.886. The first-order chi connectivity index (χ1) is 13.8. The third-order valence-corrected chi connectivity index (χ3v) is 6.28. The lowest BCUT2D eigenvalue weighted by molar-refractivity contribution is -0.140. The van der Waals surface area contributed by atoms with Crippen LogP contribution in [0.15, 0.2) is 58.3 Å². The van der Waals surface area contributed by atoms with E-state index in [9.17, 15) is 4.79 Å². The molecule has 0 amide bonds. The van der Waals surface area contributed by atoms with E-state index in [-0.39, 0.29) is 5.97 Å². The minimum Gasteiger partial charge on any atom is -0.468 e. The number of esters is 1. The average Bonchev–Trinajstić information content (AvgIpc) is 3.42. The molecule has 1 atom stereocenters. The van der Waals surface area contributed by atoms with Crippen molar-refractivity contribution >= 4 is 17.7 Å². The molecule has 2 aromatic heterocycles. The highest BCUT2D eigenvalue weighted by Gasteiger charge is 2.30. The first-order valence-corrected chi connectivity index (χ1v) is 10.4. The summed E-state index contributed by atoms with van der Waals surface area (Å²) < 4.78 is 12.8. The van der Waals surface area contributed by atoms with Crippen molar-refractivity contribution in [2.45, 2.75) is 48.6 Å². The van der Waals surface area contributed by atoms with Crippen molar-refractivity contribution in [3.05, 3.63) is 54.3 Å². The second-order valence-corrected chi connectivity index (χ2v) is 7.95. The van der Waals surface area contributed by atoms with Crippen LogP contribution in [-0.4, -0.2) is 27.8 Å². The lowest BCUT2D eigenvalue weighted by atomic mass is 9.95. The fourth-order valence-electron chi connectivity index (χ4n) is 3.69. The molecule has 0 aliphatic heterocycles. The molecule has 0 N–H and O–H groups in total. The average molecular weight is 398 g/mol. The number of nitrogens with zero attached hydrogens (tertiary/aromatic N) is 3. The fourth-order valence-corrected chi connectivity index (χ4v) is 4.83. The van der Waals surface area contributed by atoms with Crippen LogP contribution in [0.2, 0.25) is 0 Å². The van der Waals surface area contributed by atoms with Crippen molar-refractivity contribution in [3.63, 3.8) is 0 Å². The standard InChI is InChI=1S/C21H23N3O3S/c1-26-20(25)18(15-9-4-2-5-10-15)28-21-23-22-19(17-13-8-14-27-17)24(21)16-11-6-3-7-12-16/h2,4-5,8-10,13-14,16,18H,3,6-7,11-12H2,1H3. The summed E-state index contributed by atoms with van der Waals surface area (Å²) >= 11 is 1.39. The molecule has 1 unspecified atom stereocenters. The normalized spacial score (nSPS) is 16.0. The summed E-state index contributed by atoms with van der Waals surface area (Å²) in [6.07, 6.45) is 7.42. The van der Waals surface area contributed by atoms with Gasteiger partial charge in [-0.25, -0.2) is 0 Å². The Kier molecular flexibility index (Phi) is 5.81. The van der Waals surface area contributed by atoms with Gasteiger partial charge in [0.2, 0.25) is 5.82 Å². The third-order valence-electron chi connectivity index (χ3n) is 5.09. The Bertz CT molecular complexity index is 902. The molecule has 6 nitrogen and oxygen atoms in total. The SMILES string of the molecule is COC(=O)C(Sc1nnc(-c2ccco2)n1C1CCCCC1)c1ccccc1. The first-order valence-electron chi connectivity index (χ1n) is 9.56. The van der Waals surface area contributed by atoms with Gasteiger partial charge in [-0.15, -0.1) is 10.2 Å². The monoisotopic (exact) mass is 397 g/mol. The van der Waals surface area contributed by atoms with Crippen molar-refractivity contribution in [3.8, 4) is 11.6 Å². The molecule has 2 heterocycles. The molecule has 0 saturated heterocycles. The fraction of sp³-hybridized carbons (Fsp3) is 0.381. The second-order valence-electron chi connectivity index (χ2n) is 6.88. The van der Waals surface area contributed by atoms with Gasteiger partial charge >= 0.3 is 5.97 Å². The number of hydrogen-bond donors (Lipinski definition) is 0. The van der Waals surface area contributed by atoms with E-state index >= 15 is 0 Å². The number of hydrogen-bond acceptors (Lipinski definition) is 6. The smallest absolute Gasteiger partial charge is 0.323 e. The van der Waals surface area contributed by atoms with Crippen LogP contribution >= 0.6 is 11.8 Å². The van der Waals surface area contributed by atoms with E-state index in [2.05, 4.69) is 14.8 Å². The molecule has 0 spiro atoms. The Hall–Kier alpha value is -2.54. The van der Waals surface area contributed by atoms with Crippen LogP contribution in [0.4, 0.5) is 0 Å². The van der Waals surface area contributed by atoms with Crippen LogP contribution in [0.25, 0.3) is 11.6 Å². The number of methoxy groups -OCH3 is 1. The third kappa shape index (κ3) is 3.85. The predicted octanol–water partition coefficient (Wildman–Crippen LogP) is 5.05. The Balaban J connectivity index is 1.72. The maximum Gasteiger partial charge on any atom is 0.323 e. The highest BCUT2D eigenvalue weighted by molar-refractivity contribution is 8.00. The van der Waals surface area contributed by atoms with E-state index < -0.39 is 5.25 Å². The van der Waals surface area contributed by atoms with Crippen LogP contribution in [0, 0.1) is 0 Å². The highest BCUT2D eigenvalue weighted by Crippen LogP contribution is 2.40. The lowest BCUT2D eigenvalue weighted by Gasteiger charge is -2.26. The van der Waals surface area contributed by atoms with Gasteiger partial charge in [0, 0.05) is 6.04 Å². The molecule has 1 fully saturated rings. The number of thioether (sulfide) groups is 1. The number of carbonyl (C=O) groups is 1. The molecule has 3 aromatic rings. The first kappa shape index (κ1) is 18.8. The highest BCUT2D eigenvalue weighted by atomic mass is 32.2. The van der Waals surface area contributed by atoms with Gasteiger partial charge in [0.05, 0.1) is 13.4 Å². The van der Waals surface area contributed by atoms with Crippen LogP contribution < -0.4 is 0 Å². The topological polar surface area (TPSA) is 70.2 Å².